The summed E-state index contributed by atoms with van der Waals surface area (Å²) in [5, 5.41) is 26.7. The fraction of sp³-hybridized carbons (Fsp3) is 0.500. The van der Waals surface area contributed by atoms with Crippen molar-refractivity contribution in [2.75, 3.05) is 6.61 Å². The van der Waals surface area contributed by atoms with Crippen molar-refractivity contribution < 1.29 is 24.9 Å². The van der Waals surface area contributed by atoms with E-state index in [1.165, 1.54) is 0 Å². The lowest BCUT2D eigenvalue weighted by Gasteiger charge is -2.14. The molecule has 1 rings (SSSR count). The Morgan fingerprint density at radius 2 is 2.25 bits per heavy atom. The summed E-state index contributed by atoms with van der Waals surface area (Å²) in [7, 11) is 0. The Bertz CT molecular complexity index is 236. The highest BCUT2D eigenvalue weighted by atomic mass is 79.9. The molecule has 0 aromatic carbocycles. The van der Waals surface area contributed by atoms with Crippen LogP contribution in [0.15, 0.2) is 10.2 Å². The molecular formula is C6H7BrO5. The highest BCUT2D eigenvalue weighted by molar-refractivity contribution is 9.12. The van der Waals surface area contributed by atoms with Gasteiger partial charge in [-0.05, 0) is 15.9 Å². The second-order valence-corrected chi connectivity index (χ2v) is 3.07. The van der Waals surface area contributed by atoms with E-state index in [1.54, 1.807) is 0 Å². The molecule has 6 heteroatoms. The smallest absolute Gasteiger partial charge is 0.349 e. The summed E-state index contributed by atoms with van der Waals surface area (Å²) in [6, 6.07) is 0. The van der Waals surface area contributed by atoms with Gasteiger partial charge in [-0.1, -0.05) is 0 Å². The lowest BCUT2D eigenvalue weighted by atomic mass is 10.2. The van der Waals surface area contributed by atoms with E-state index in [1.807, 2.05) is 0 Å². The summed E-state index contributed by atoms with van der Waals surface area (Å²) in [5.41, 5.74) is 0. The van der Waals surface area contributed by atoms with Crippen LogP contribution >= 0.6 is 15.9 Å². The van der Waals surface area contributed by atoms with E-state index in [2.05, 4.69) is 20.7 Å². The minimum absolute atomic E-state index is 0.111. The molecule has 0 fully saturated rings. The van der Waals surface area contributed by atoms with Crippen LogP contribution in [0, 0.1) is 0 Å². The Morgan fingerprint density at radius 1 is 1.67 bits per heavy atom. The number of aliphatic hydroxyl groups excluding tert-OH is 3. The Labute approximate surface area is 76.4 Å². The predicted octanol–water partition coefficient (Wildman–Crippen LogP) is -0.570. The topological polar surface area (TPSA) is 87.0 Å². The third-order valence-electron chi connectivity index (χ3n) is 1.44. The molecule has 0 aliphatic carbocycles. The molecule has 1 heterocycles. The molecule has 12 heavy (non-hydrogen) atoms. The number of hydrogen-bond donors (Lipinski definition) is 3. The number of ether oxygens (including phenoxy) is 1. The molecule has 1 aliphatic heterocycles. The van der Waals surface area contributed by atoms with Crippen molar-refractivity contribution in [3.63, 3.8) is 0 Å². The fourth-order valence-electron chi connectivity index (χ4n) is 0.809. The summed E-state index contributed by atoms with van der Waals surface area (Å²) in [6.07, 6.45) is -2.44. The molecule has 0 amide bonds. The predicted molar refractivity (Wildman–Crippen MR) is 41.6 cm³/mol. The van der Waals surface area contributed by atoms with Crippen LogP contribution in [-0.4, -0.2) is 40.1 Å². The average Bonchev–Trinajstić information content (AvgIpc) is 2.32. The molecule has 1 aliphatic rings. The quantitative estimate of drug-likeness (QED) is 0.561. The highest BCUT2D eigenvalue weighted by Crippen LogP contribution is 2.26. The van der Waals surface area contributed by atoms with E-state index in [0.29, 0.717) is 0 Å². The van der Waals surface area contributed by atoms with E-state index in [0.717, 1.165) is 0 Å². The van der Waals surface area contributed by atoms with Gasteiger partial charge in [0.2, 0.25) is 0 Å². The minimum Gasteiger partial charge on any atom is -0.507 e. The van der Waals surface area contributed by atoms with Gasteiger partial charge in [0, 0.05) is 0 Å². The molecule has 0 aromatic rings. The molecule has 0 aromatic heterocycles. The van der Waals surface area contributed by atoms with Crippen molar-refractivity contribution >= 4 is 21.9 Å². The van der Waals surface area contributed by atoms with Crippen LogP contribution < -0.4 is 0 Å². The van der Waals surface area contributed by atoms with Gasteiger partial charge in [0.1, 0.15) is 10.6 Å². The van der Waals surface area contributed by atoms with Gasteiger partial charge < -0.3 is 20.1 Å². The lowest BCUT2D eigenvalue weighted by Crippen LogP contribution is -2.31. The van der Waals surface area contributed by atoms with Gasteiger partial charge >= 0.3 is 5.97 Å². The number of rotatable bonds is 2. The molecule has 0 radical (unpaired) electrons. The van der Waals surface area contributed by atoms with Crippen molar-refractivity contribution in [1.29, 1.82) is 0 Å². The summed E-state index contributed by atoms with van der Waals surface area (Å²) in [4.78, 5) is 10.7. The molecule has 68 valence electrons. The van der Waals surface area contributed by atoms with Crippen LogP contribution in [0.3, 0.4) is 0 Å². The van der Waals surface area contributed by atoms with Crippen molar-refractivity contribution in [2.24, 2.45) is 0 Å². The maximum atomic E-state index is 10.7. The first kappa shape index (κ1) is 9.50. The Hall–Kier alpha value is -0.590. The molecule has 0 saturated carbocycles. The highest BCUT2D eigenvalue weighted by Gasteiger charge is 2.37. The van der Waals surface area contributed by atoms with Crippen molar-refractivity contribution in [1.82, 2.24) is 0 Å². The van der Waals surface area contributed by atoms with Crippen LogP contribution in [0.1, 0.15) is 0 Å². The fourth-order valence-corrected chi connectivity index (χ4v) is 1.13. The van der Waals surface area contributed by atoms with E-state index < -0.39 is 24.8 Å². The van der Waals surface area contributed by atoms with Crippen molar-refractivity contribution in [3.05, 3.63) is 10.2 Å². The van der Waals surface area contributed by atoms with E-state index in [-0.39, 0.29) is 10.2 Å². The number of aliphatic hydroxyl groups is 3. The molecule has 2 atom stereocenters. The van der Waals surface area contributed by atoms with E-state index >= 15 is 0 Å². The van der Waals surface area contributed by atoms with Crippen molar-refractivity contribution in [2.45, 2.75) is 12.2 Å². The van der Waals surface area contributed by atoms with Crippen LogP contribution in [-0.2, 0) is 9.53 Å². The SMILES string of the molecule is O=C1O[C@H]([C@@H](O)CO)C(O)=C1Br. The number of carbonyl (C=O) groups excluding carboxylic acids is 1. The summed E-state index contributed by atoms with van der Waals surface area (Å²) in [6.45, 7) is -0.581. The third-order valence-corrected chi connectivity index (χ3v) is 2.17. The largest absolute Gasteiger partial charge is 0.507 e. The standard InChI is InChI=1S/C6H7BrO5/c7-3-4(10)5(2(9)1-8)12-6(3)11/h2,5,8-10H,1H2/t2-,5+/m0/s1. The van der Waals surface area contributed by atoms with Gasteiger partial charge in [0.05, 0.1) is 6.61 Å². The Balaban J connectivity index is 2.80. The Morgan fingerprint density at radius 3 is 2.58 bits per heavy atom. The second-order valence-electron chi connectivity index (χ2n) is 2.28. The lowest BCUT2D eigenvalue weighted by molar-refractivity contribution is -0.145. The zero-order valence-electron chi connectivity index (χ0n) is 5.90. The van der Waals surface area contributed by atoms with Gasteiger partial charge in [-0.15, -0.1) is 0 Å². The first-order chi connectivity index (χ1) is 5.57. The summed E-state index contributed by atoms with van der Waals surface area (Å²) >= 11 is 2.77. The number of hydrogen-bond acceptors (Lipinski definition) is 5. The zero-order valence-corrected chi connectivity index (χ0v) is 7.48. The Kier molecular flexibility index (Phi) is 2.71. The summed E-state index contributed by atoms with van der Waals surface area (Å²) < 4.78 is 4.41. The van der Waals surface area contributed by atoms with Crippen LogP contribution in [0.4, 0.5) is 0 Å². The van der Waals surface area contributed by atoms with Crippen LogP contribution in [0.25, 0.3) is 0 Å². The maximum Gasteiger partial charge on any atom is 0.349 e. The molecule has 3 N–H and O–H groups in total. The number of cyclic esters (lactones) is 1. The maximum absolute atomic E-state index is 10.7. The van der Waals surface area contributed by atoms with Gasteiger partial charge in [-0.3, -0.25) is 0 Å². The molecule has 0 unspecified atom stereocenters. The second kappa shape index (κ2) is 3.42. The molecule has 0 saturated heterocycles. The van der Waals surface area contributed by atoms with Crippen LogP contribution in [0.2, 0.25) is 0 Å². The first-order valence-corrected chi connectivity index (χ1v) is 3.95. The van der Waals surface area contributed by atoms with E-state index in [9.17, 15) is 4.79 Å². The molecule has 5 nitrogen and oxygen atoms in total. The van der Waals surface area contributed by atoms with Gasteiger partial charge in [-0.25, -0.2) is 4.79 Å². The van der Waals surface area contributed by atoms with Gasteiger partial charge in [0.25, 0.3) is 0 Å². The minimum atomic E-state index is -1.29. The molecular weight excluding hydrogens is 232 g/mol. The van der Waals surface area contributed by atoms with E-state index in [4.69, 9.17) is 15.3 Å². The molecule has 0 bridgehead atoms. The van der Waals surface area contributed by atoms with Crippen molar-refractivity contribution in [3.8, 4) is 0 Å². The third kappa shape index (κ3) is 1.45. The molecule has 0 spiro atoms. The van der Waals surface area contributed by atoms with Gasteiger partial charge in [0.15, 0.2) is 11.9 Å². The van der Waals surface area contributed by atoms with Crippen LogP contribution in [0.5, 0.6) is 0 Å². The normalized spacial score (nSPS) is 25.9. The monoisotopic (exact) mass is 238 g/mol. The average molecular weight is 239 g/mol. The number of esters is 1. The number of halogens is 1. The number of carbonyl (C=O) groups is 1. The summed E-state index contributed by atoms with van der Waals surface area (Å²) in [5.74, 6) is -1.13. The zero-order chi connectivity index (χ0) is 9.30. The first-order valence-electron chi connectivity index (χ1n) is 3.16. The van der Waals surface area contributed by atoms with Gasteiger partial charge in [-0.2, -0.15) is 0 Å².